The van der Waals surface area contributed by atoms with Crippen LogP contribution in [0, 0.1) is 0 Å². The molecule has 2 atom stereocenters. The summed E-state index contributed by atoms with van der Waals surface area (Å²) in [6, 6.07) is 20.1. The predicted octanol–water partition coefficient (Wildman–Crippen LogP) is 5.88. The van der Waals surface area contributed by atoms with Crippen LogP contribution in [0.15, 0.2) is 72.8 Å². The second-order valence-corrected chi connectivity index (χ2v) is 10.3. The average molecular weight is 546 g/mol. The molecule has 1 aliphatic carbocycles. The van der Waals surface area contributed by atoms with Crippen LogP contribution in [0.3, 0.4) is 0 Å². The van der Waals surface area contributed by atoms with Crippen LogP contribution >= 0.6 is 11.6 Å². The van der Waals surface area contributed by atoms with Crippen molar-refractivity contribution < 1.29 is 14.3 Å². The number of carbonyl (C=O) groups excluding carboxylic acids is 2. The van der Waals surface area contributed by atoms with Crippen molar-refractivity contribution in [3.05, 3.63) is 83.4 Å². The Balaban J connectivity index is 1.61. The highest BCUT2D eigenvalue weighted by Gasteiger charge is 2.38. The number of methoxy groups -OCH3 is 1. The smallest absolute Gasteiger partial charge is 0.252 e. The van der Waals surface area contributed by atoms with Gasteiger partial charge in [-0.15, -0.1) is 5.10 Å². The molecule has 5 rings (SSSR count). The van der Waals surface area contributed by atoms with Crippen molar-refractivity contribution in [2.24, 2.45) is 0 Å². The molecule has 0 aliphatic heterocycles. The normalized spacial score (nSPS) is 15.5. The first kappa shape index (κ1) is 26.7. The number of anilines is 1. The molecule has 4 aromatic rings. The molecule has 1 aliphatic rings. The van der Waals surface area contributed by atoms with E-state index in [0.717, 1.165) is 31.2 Å². The standard InChI is InChI=1S/C30H32ClN5O3/c1-20(36-27-15-9-7-13-25(27)33-34-36)30(38)35(26-14-8-6-12-24(26)31)28(21-16-18-23(39-2)19-17-21)29(37)32-22-10-4-3-5-11-22/h6-9,12-20,22,28H,3-5,10-11H2,1-2H3,(H,32,37)/t20-,28+/m1/s1. The van der Waals surface area contributed by atoms with E-state index in [2.05, 4.69) is 15.6 Å². The van der Waals surface area contributed by atoms with Crippen molar-refractivity contribution in [3.8, 4) is 5.75 Å². The van der Waals surface area contributed by atoms with Crippen molar-refractivity contribution in [1.82, 2.24) is 20.3 Å². The lowest BCUT2D eigenvalue weighted by molar-refractivity contribution is -0.128. The van der Waals surface area contributed by atoms with Crippen LogP contribution in [0.2, 0.25) is 5.02 Å². The summed E-state index contributed by atoms with van der Waals surface area (Å²) in [7, 11) is 1.59. The number of carbonyl (C=O) groups is 2. The van der Waals surface area contributed by atoms with Gasteiger partial charge in [-0.2, -0.15) is 0 Å². The van der Waals surface area contributed by atoms with Crippen LogP contribution in [-0.4, -0.2) is 40.0 Å². The number of nitrogens with one attached hydrogen (secondary N) is 1. The Bertz CT molecular complexity index is 1450. The highest BCUT2D eigenvalue weighted by molar-refractivity contribution is 6.34. The van der Waals surface area contributed by atoms with Gasteiger partial charge in [0, 0.05) is 6.04 Å². The zero-order valence-corrected chi connectivity index (χ0v) is 22.8. The number of nitrogens with zero attached hydrogens (tertiary/aromatic N) is 4. The molecule has 0 radical (unpaired) electrons. The molecule has 39 heavy (non-hydrogen) atoms. The minimum absolute atomic E-state index is 0.0619. The topological polar surface area (TPSA) is 89.4 Å². The predicted molar refractivity (Wildman–Crippen MR) is 152 cm³/mol. The Morgan fingerprint density at radius 1 is 1.00 bits per heavy atom. The molecule has 0 spiro atoms. The second-order valence-electron chi connectivity index (χ2n) is 9.88. The summed E-state index contributed by atoms with van der Waals surface area (Å²) in [5, 5.41) is 12.1. The molecule has 0 unspecified atom stereocenters. The molecular formula is C30H32ClN5O3. The first-order valence-corrected chi connectivity index (χ1v) is 13.7. The van der Waals surface area contributed by atoms with Gasteiger partial charge in [-0.3, -0.25) is 14.5 Å². The molecule has 202 valence electrons. The van der Waals surface area contributed by atoms with Crippen molar-refractivity contribution in [3.63, 3.8) is 0 Å². The SMILES string of the molecule is COc1ccc([C@@H](C(=O)NC2CCCCC2)N(C(=O)[C@@H](C)n2nnc3ccccc32)c2ccccc2Cl)cc1. The summed E-state index contributed by atoms with van der Waals surface area (Å²) in [6.07, 6.45) is 5.15. The van der Waals surface area contributed by atoms with E-state index in [-0.39, 0.29) is 17.9 Å². The molecule has 0 bridgehead atoms. The maximum atomic E-state index is 14.4. The summed E-state index contributed by atoms with van der Waals surface area (Å²) in [5.41, 5.74) is 2.50. The Morgan fingerprint density at radius 3 is 2.41 bits per heavy atom. The molecule has 1 saturated carbocycles. The Morgan fingerprint density at radius 2 is 1.69 bits per heavy atom. The first-order valence-electron chi connectivity index (χ1n) is 13.3. The lowest BCUT2D eigenvalue weighted by Gasteiger charge is -2.35. The van der Waals surface area contributed by atoms with E-state index in [1.54, 1.807) is 55.1 Å². The lowest BCUT2D eigenvalue weighted by atomic mass is 9.94. The van der Waals surface area contributed by atoms with Gasteiger partial charge in [0.2, 0.25) is 5.91 Å². The molecule has 3 aromatic carbocycles. The van der Waals surface area contributed by atoms with Crippen LogP contribution < -0.4 is 15.0 Å². The van der Waals surface area contributed by atoms with Gasteiger partial charge in [0.05, 0.1) is 23.3 Å². The van der Waals surface area contributed by atoms with E-state index in [1.165, 1.54) is 11.3 Å². The highest BCUT2D eigenvalue weighted by atomic mass is 35.5. The average Bonchev–Trinajstić information content (AvgIpc) is 3.40. The van der Waals surface area contributed by atoms with E-state index in [4.69, 9.17) is 16.3 Å². The van der Waals surface area contributed by atoms with E-state index >= 15 is 0 Å². The van der Waals surface area contributed by atoms with Gasteiger partial charge in [-0.05, 0) is 61.7 Å². The Labute approximate surface area is 232 Å². The third-order valence-electron chi connectivity index (χ3n) is 7.34. The van der Waals surface area contributed by atoms with Gasteiger partial charge < -0.3 is 10.1 Å². The number of ether oxygens (including phenoxy) is 1. The fourth-order valence-corrected chi connectivity index (χ4v) is 5.47. The zero-order valence-electron chi connectivity index (χ0n) is 22.1. The molecular weight excluding hydrogens is 514 g/mol. The van der Waals surface area contributed by atoms with Gasteiger partial charge in [0.15, 0.2) is 0 Å². The second kappa shape index (κ2) is 11.9. The highest BCUT2D eigenvalue weighted by Crippen LogP contribution is 2.36. The largest absolute Gasteiger partial charge is 0.497 e. The number of fused-ring (bicyclic) bond motifs is 1. The van der Waals surface area contributed by atoms with Gasteiger partial charge in [0.25, 0.3) is 5.91 Å². The van der Waals surface area contributed by atoms with E-state index in [0.29, 0.717) is 27.5 Å². The summed E-state index contributed by atoms with van der Waals surface area (Å²) < 4.78 is 6.94. The third kappa shape index (κ3) is 5.61. The number of hydrogen-bond donors (Lipinski definition) is 1. The molecule has 1 aromatic heterocycles. The van der Waals surface area contributed by atoms with Crippen LogP contribution in [0.4, 0.5) is 5.69 Å². The van der Waals surface area contributed by atoms with Crippen molar-refractivity contribution in [1.29, 1.82) is 0 Å². The number of hydrogen-bond acceptors (Lipinski definition) is 5. The molecule has 1 N–H and O–H groups in total. The molecule has 1 heterocycles. The van der Waals surface area contributed by atoms with Gasteiger partial charge in [-0.25, -0.2) is 4.68 Å². The van der Waals surface area contributed by atoms with Crippen LogP contribution in [0.25, 0.3) is 11.0 Å². The van der Waals surface area contributed by atoms with Gasteiger partial charge in [-0.1, -0.05) is 72.5 Å². The fourth-order valence-electron chi connectivity index (χ4n) is 5.24. The molecule has 2 amide bonds. The van der Waals surface area contributed by atoms with Crippen LogP contribution in [-0.2, 0) is 9.59 Å². The monoisotopic (exact) mass is 545 g/mol. The van der Waals surface area contributed by atoms with Gasteiger partial charge >= 0.3 is 0 Å². The minimum Gasteiger partial charge on any atom is -0.497 e. The maximum absolute atomic E-state index is 14.4. The Hall–Kier alpha value is -3.91. The number of rotatable bonds is 8. The van der Waals surface area contributed by atoms with Crippen molar-refractivity contribution in [2.75, 3.05) is 12.0 Å². The Kier molecular flexibility index (Phi) is 8.12. The zero-order chi connectivity index (χ0) is 27.4. The number of para-hydroxylation sites is 2. The number of benzene rings is 3. The van der Waals surface area contributed by atoms with Crippen molar-refractivity contribution in [2.45, 2.75) is 57.2 Å². The quantitative estimate of drug-likeness (QED) is 0.299. The van der Waals surface area contributed by atoms with E-state index < -0.39 is 12.1 Å². The molecule has 8 nitrogen and oxygen atoms in total. The lowest BCUT2D eigenvalue weighted by Crippen LogP contribution is -2.49. The van der Waals surface area contributed by atoms with Crippen LogP contribution in [0.1, 0.15) is 56.7 Å². The summed E-state index contributed by atoms with van der Waals surface area (Å²) in [6.45, 7) is 1.76. The number of amides is 2. The minimum atomic E-state index is -0.970. The molecule has 9 heteroatoms. The van der Waals surface area contributed by atoms with Crippen LogP contribution in [0.5, 0.6) is 5.75 Å². The van der Waals surface area contributed by atoms with E-state index in [1.807, 2.05) is 36.4 Å². The maximum Gasteiger partial charge on any atom is 0.252 e. The summed E-state index contributed by atoms with van der Waals surface area (Å²) in [5.74, 6) is 0.0672. The first-order chi connectivity index (χ1) is 19.0. The third-order valence-corrected chi connectivity index (χ3v) is 7.66. The fraction of sp³-hybridized carbons (Fsp3) is 0.333. The molecule has 0 saturated heterocycles. The van der Waals surface area contributed by atoms with Gasteiger partial charge in [0.1, 0.15) is 23.3 Å². The number of halogens is 1. The number of aromatic nitrogens is 3. The molecule has 1 fully saturated rings. The van der Waals surface area contributed by atoms with Crippen molar-refractivity contribution >= 4 is 40.1 Å². The summed E-state index contributed by atoms with van der Waals surface area (Å²) >= 11 is 6.68. The van der Waals surface area contributed by atoms with E-state index in [9.17, 15) is 9.59 Å². The summed E-state index contributed by atoms with van der Waals surface area (Å²) in [4.78, 5) is 30.1.